The Bertz CT molecular complexity index is 1480. The lowest BCUT2D eigenvalue weighted by Gasteiger charge is -2.49. The Balaban J connectivity index is 1.54. The number of carbonyl (C=O) groups excluding carboxylic acids is 1. The van der Waals surface area contributed by atoms with Crippen molar-refractivity contribution < 1.29 is 42.0 Å². The van der Waals surface area contributed by atoms with Gasteiger partial charge in [-0.05, 0) is 45.9 Å². The summed E-state index contributed by atoms with van der Waals surface area (Å²) in [5.74, 6) is -0.0176. The number of amides is 1. The first-order valence-electron chi connectivity index (χ1n) is 13.8. The van der Waals surface area contributed by atoms with E-state index in [-0.39, 0.29) is 42.0 Å². The number of aliphatic hydroxyl groups is 1. The minimum atomic E-state index is -4.74. The molecule has 5 rings (SSSR count). The van der Waals surface area contributed by atoms with Crippen LogP contribution in [-0.4, -0.2) is 62.5 Å². The molecule has 0 spiro atoms. The number of aryl methyl sites for hydroxylation is 1. The summed E-state index contributed by atoms with van der Waals surface area (Å²) in [7, 11) is 0. The Morgan fingerprint density at radius 1 is 1.14 bits per heavy atom. The van der Waals surface area contributed by atoms with Crippen LogP contribution in [0.4, 0.5) is 18.0 Å². The molecule has 1 aromatic heterocycles. The van der Waals surface area contributed by atoms with Gasteiger partial charge in [0.1, 0.15) is 23.6 Å². The van der Waals surface area contributed by atoms with Crippen molar-refractivity contribution in [3.05, 3.63) is 76.3 Å². The highest BCUT2D eigenvalue weighted by atomic mass is 35.5. The summed E-state index contributed by atoms with van der Waals surface area (Å²) in [6.07, 6.45) is -9.90. The average molecular weight is 640 g/mol. The number of aromatic nitrogens is 3. The summed E-state index contributed by atoms with van der Waals surface area (Å²) >= 11 is 6.13. The monoisotopic (exact) mass is 639 g/mol. The maximum atomic E-state index is 14.1. The number of aliphatic hydroxyl groups excluding tert-OH is 1. The Morgan fingerprint density at radius 2 is 1.86 bits per heavy atom. The van der Waals surface area contributed by atoms with Crippen LogP contribution in [0.15, 0.2) is 48.5 Å². The molecule has 5 atom stereocenters. The Labute approximate surface area is 256 Å². The molecule has 3 aromatic rings. The Hall–Kier alpha value is -3.27. The number of carbonyl (C=O) groups is 1. The van der Waals surface area contributed by atoms with E-state index in [1.165, 1.54) is 6.92 Å². The van der Waals surface area contributed by atoms with Gasteiger partial charge in [0.05, 0.1) is 36.1 Å². The second-order valence-corrected chi connectivity index (χ2v) is 12.2. The number of ether oxygens (including phenoxy) is 4. The maximum Gasteiger partial charge on any atom is 0.422 e. The number of alkyl halides is 3. The van der Waals surface area contributed by atoms with Crippen molar-refractivity contribution in [2.45, 2.75) is 76.0 Å². The van der Waals surface area contributed by atoms with Crippen molar-refractivity contribution >= 4 is 17.7 Å². The number of hydrogen-bond acceptors (Lipinski definition) is 9. The van der Waals surface area contributed by atoms with Crippen LogP contribution in [0.3, 0.4) is 0 Å². The van der Waals surface area contributed by atoms with Gasteiger partial charge >= 0.3 is 12.3 Å². The third kappa shape index (κ3) is 6.85. The fourth-order valence-corrected chi connectivity index (χ4v) is 5.46. The van der Waals surface area contributed by atoms with Crippen LogP contribution in [0.5, 0.6) is 0 Å². The summed E-state index contributed by atoms with van der Waals surface area (Å²) < 4.78 is 67.2. The lowest BCUT2D eigenvalue weighted by Crippen LogP contribution is -2.69. The Kier molecular flexibility index (Phi) is 8.95. The molecule has 2 aliphatic rings. The quantitative estimate of drug-likeness (QED) is 0.332. The normalized spacial score (nSPS) is 26.0. The highest BCUT2D eigenvalue weighted by Gasteiger charge is 2.53. The number of hydrogen-bond donors (Lipinski definition) is 3. The van der Waals surface area contributed by atoms with Crippen molar-refractivity contribution in [2.24, 2.45) is 0 Å². The Morgan fingerprint density at radius 3 is 2.55 bits per heavy atom. The molecule has 2 saturated heterocycles. The van der Waals surface area contributed by atoms with E-state index in [1.54, 1.807) is 20.8 Å². The molecule has 3 N–H and O–H groups in total. The van der Waals surface area contributed by atoms with Gasteiger partial charge in [0.15, 0.2) is 12.1 Å². The average Bonchev–Trinajstić information content (AvgIpc) is 3.32. The summed E-state index contributed by atoms with van der Waals surface area (Å²) in [5.41, 5.74) is 2.53. The minimum Gasteiger partial charge on any atom is -0.443 e. The van der Waals surface area contributed by atoms with Crippen LogP contribution < -0.4 is 10.9 Å². The van der Waals surface area contributed by atoms with Crippen molar-refractivity contribution in [1.82, 2.24) is 25.6 Å². The van der Waals surface area contributed by atoms with Gasteiger partial charge in [0.2, 0.25) is 0 Å². The van der Waals surface area contributed by atoms with E-state index in [0.29, 0.717) is 5.56 Å². The SMILES string of the molecule is Cc1nnc([C@@H]2OC3COC(c4ccccc4)OCC(NNC(=O)OC(C)(C)C)(C3)C2O)n1-c1cc(Cl)ccc1C(F)(F)F. The van der Waals surface area contributed by atoms with E-state index in [0.717, 1.165) is 22.8 Å². The highest BCUT2D eigenvalue weighted by molar-refractivity contribution is 6.30. The number of benzene rings is 2. The zero-order chi connectivity index (χ0) is 31.9. The van der Waals surface area contributed by atoms with Gasteiger partial charge in [-0.2, -0.15) is 13.2 Å². The topological polar surface area (TPSA) is 129 Å². The molecule has 2 aromatic carbocycles. The van der Waals surface area contributed by atoms with Crippen molar-refractivity contribution in [2.75, 3.05) is 13.2 Å². The summed E-state index contributed by atoms with van der Waals surface area (Å²) in [6.45, 7) is 6.33. The molecule has 2 fully saturated rings. The number of rotatable bonds is 5. The van der Waals surface area contributed by atoms with E-state index in [2.05, 4.69) is 21.0 Å². The zero-order valence-corrected chi connectivity index (χ0v) is 25.1. The summed E-state index contributed by atoms with van der Waals surface area (Å²) in [5, 5.41) is 20.1. The third-order valence-electron chi connectivity index (χ3n) is 7.20. The second kappa shape index (κ2) is 12.3. The number of halogens is 4. The molecule has 4 unspecified atom stereocenters. The van der Waals surface area contributed by atoms with Crippen LogP contribution in [-0.2, 0) is 25.1 Å². The van der Waals surface area contributed by atoms with Crippen molar-refractivity contribution in [3.63, 3.8) is 0 Å². The maximum absolute atomic E-state index is 14.1. The smallest absolute Gasteiger partial charge is 0.422 e. The molecule has 238 valence electrons. The second-order valence-electron chi connectivity index (χ2n) is 11.7. The number of fused-ring (bicyclic) bond motifs is 2. The molecule has 2 bridgehead atoms. The zero-order valence-electron chi connectivity index (χ0n) is 24.4. The molecule has 1 amide bonds. The number of nitrogens with one attached hydrogen (secondary N) is 2. The summed E-state index contributed by atoms with van der Waals surface area (Å²) in [6, 6.07) is 12.3. The van der Waals surface area contributed by atoms with E-state index < -0.39 is 53.6 Å². The molecule has 11 nitrogen and oxygen atoms in total. The van der Waals surface area contributed by atoms with E-state index in [9.17, 15) is 23.1 Å². The van der Waals surface area contributed by atoms with Crippen molar-refractivity contribution in [3.8, 4) is 5.69 Å². The first kappa shape index (κ1) is 32.1. The molecule has 0 aliphatic carbocycles. The van der Waals surface area contributed by atoms with Crippen LogP contribution in [0.2, 0.25) is 5.02 Å². The predicted octanol–water partition coefficient (Wildman–Crippen LogP) is 4.95. The summed E-state index contributed by atoms with van der Waals surface area (Å²) in [4.78, 5) is 12.6. The third-order valence-corrected chi connectivity index (χ3v) is 7.44. The van der Waals surface area contributed by atoms with Crippen LogP contribution in [0.1, 0.15) is 62.4 Å². The van der Waals surface area contributed by atoms with Gasteiger partial charge in [-0.15, -0.1) is 10.2 Å². The molecule has 15 heteroatoms. The van der Waals surface area contributed by atoms with Gasteiger partial charge in [-0.25, -0.2) is 10.2 Å². The lowest BCUT2D eigenvalue weighted by atomic mass is 9.81. The van der Waals surface area contributed by atoms with Crippen LogP contribution in [0.25, 0.3) is 5.69 Å². The van der Waals surface area contributed by atoms with Gasteiger partial charge in [-0.1, -0.05) is 41.9 Å². The van der Waals surface area contributed by atoms with Gasteiger partial charge in [-0.3, -0.25) is 9.99 Å². The van der Waals surface area contributed by atoms with Gasteiger partial charge in [0.25, 0.3) is 0 Å². The van der Waals surface area contributed by atoms with E-state index in [1.807, 2.05) is 30.3 Å². The van der Waals surface area contributed by atoms with E-state index in [4.69, 9.17) is 30.5 Å². The predicted molar refractivity (Wildman–Crippen MR) is 151 cm³/mol. The van der Waals surface area contributed by atoms with Gasteiger partial charge < -0.3 is 24.1 Å². The number of nitrogens with zero attached hydrogens (tertiary/aromatic N) is 3. The fourth-order valence-electron chi connectivity index (χ4n) is 5.29. The van der Waals surface area contributed by atoms with E-state index >= 15 is 0 Å². The van der Waals surface area contributed by atoms with Gasteiger partial charge in [0, 0.05) is 17.0 Å². The lowest BCUT2D eigenvalue weighted by molar-refractivity contribution is -0.258. The largest absolute Gasteiger partial charge is 0.443 e. The standard InChI is InChI=1S/C29H33ClF3N5O6/c1-16-34-35-24(38(16)21-12-18(30)10-11-20(21)29(31,32)33)22-23(39)28(37-36-26(40)44-27(2,3)4)13-19(43-22)14-41-25(42-15-28)17-8-6-5-7-9-17/h5-12,19,22-23,25,37,39H,13-15H2,1-4H3,(H,36,40)/t19?,22-,23?,25?,28?/m1/s1. The molecule has 0 saturated carbocycles. The van der Waals surface area contributed by atoms with Crippen LogP contribution in [0, 0.1) is 6.92 Å². The minimum absolute atomic E-state index is 0.0171. The number of hydrazine groups is 1. The highest BCUT2D eigenvalue weighted by Crippen LogP contribution is 2.42. The molecule has 0 radical (unpaired) electrons. The molecule has 44 heavy (non-hydrogen) atoms. The first-order chi connectivity index (χ1) is 20.7. The molecule has 3 heterocycles. The van der Waals surface area contributed by atoms with Crippen LogP contribution >= 0.6 is 11.6 Å². The molecular weight excluding hydrogens is 607 g/mol. The fraction of sp³-hybridized carbons (Fsp3) is 0.483. The first-order valence-corrected chi connectivity index (χ1v) is 14.2. The molecule has 2 aliphatic heterocycles. The van der Waals surface area contributed by atoms with Crippen molar-refractivity contribution in [1.29, 1.82) is 0 Å². The molecular formula is C29H33ClF3N5O6.